The molecule has 0 saturated heterocycles. The molecule has 23 heavy (non-hydrogen) atoms. The standard InChI is InChI=1S/C13H10.C7H8.C2H6.U/c1-11-6-5-9-13(10-11)12-7-3-2-4-8-12;1-7-5-3-2-4-6-7;1-2;/h2-7,10H,1H3;2-6H,1H3;1-2H3;/q-2;;;+2. The van der Waals surface area contributed by atoms with Crippen molar-refractivity contribution in [3.05, 3.63) is 96.1 Å². The van der Waals surface area contributed by atoms with Crippen LogP contribution in [0.2, 0.25) is 0 Å². The maximum absolute atomic E-state index is 3.19. The van der Waals surface area contributed by atoms with Gasteiger partial charge in [-0.2, -0.15) is 42.5 Å². The van der Waals surface area contributed by atoms with Crippen LogP contribution in [0.5, 0.6) is 0 Å². The summed E-state index contributed by atoms with van der Waals surface area (Å²) in [7, 11) is 0. The Balaban J connectivity index is 0.000000415. The van der Waals surface area contributed by atoms with Gasteiger partial charge in [0, 0.05) is 0 Å². The Kier molecular flexibility index (Phi) is 12.4. The molecule has 116 valence electrons. The van der Waals surface area contributed by atoms with Gasteiger partial charge in [0.05, 0.1) is 0 Å². The molecule has 0 aliphatic rings. The fraction of sp³-hybridized carbons (Fsp3) is 0.182. The van der Waals surface area contributed by atoms with Crippen LogP contribution in [-0.2, 0) is 0 Å². The summed E-state index contributed by atoms with van der Waals surface area (Å²) < 4.78 is 0. The molecular formula is C22H24U. The predicted molar refractivity (Wildman–Crippen MR) is 96.8 cm³/mol. The molecule has 3 aromatic rings. The van der Waals surface area contributed by atoms with E-state index in [9.17, 15) is 0 Å². The molecule has 0 amide bonds. The molecule has 3 rings (SSSR count). The van der Waals surface area contributed by atoms with Crippen molar-refractivity contribution in [3.63, 3.8) is 0 Å². The van der Waals surface area contributed by atoms with Crippen LogP contribution in [0.25, 0.3) is 11.1 Å². The summed E-state index contributed by atoms with van der Waals surface area (Å²) in [6, 6.07) is 30.7. The summed E-state index contributed by atoms with van der Waals surface area (Å²) in [6.45, 7) is 8.17. The van der Waals surface area contributed by atoms with E-state index < -0.39 is 0 Å². The van der Waals surface area contributed by atoms with Crippen molar-refractivity contribution >= 4 is 0 Å². The van der Waals surface area contributed by atoms with Crippen molar-refractivity contribution in [2.45, 2.75) is 27.7 Å². The summed E-state index contributed by atoms with van der Waals surface area (Å²) in [5.41, 5.74) is 4.79. The van der Waals surface area contributed by atoms with Gasteiger partial charge in [0.1, 0.15) is 0 Å². The van der Waals surface area contributed by atoms with Crippen LogP contribution in [0.4, 0.5) is 0 Å². The summed E-state index contributed by atoms with van der Waals surface area (Å²) in [5.74, 6) is 0. The molecule has 0 atom stereocenters. The number of hydrogen-bond acceptors (Lipinski definition) is 0. The number of aryl methyl sites for hydroxylation is 2. The molecule has 1 heteroatoms. The van der Waals surface area contributed by atoms with Crippen LogP contribution in [0.3, 0.4) is 0 Å². The maximum atomic E-state index is 3.19. The van der Waals surface area contributed by atoms with Crippen LogP contribution >= 0.6 is 0 Å². The van der Waals surface area contributed by atoms with Crippen LogP contribution in [0.15, 0.2) is 72.8 Å². The first kappa shape index (κ1) is 21.7. The Morgan fingerprint density at radius 2 is 1.22 bits per heavy atom. The Labute approximate surface area is 165 Å². The van der Waals surface area contributed by atoms with Crippen LogP contribution in [-0.4, -0.2) is 0 Å². The zero-order valence-electron chi connectivity index (χ0n) is 14.4. The Bertz CT molecular complexity index is 630. The van der Waals surface area contributed by atoms with Crippen LogP contribution < -0.4 is 0 Å². The fourth-order valence-electron chi connectivity index (χ4n) is 1.83. The van der Waals surface area contributed by atoms with E-state index in [-0.39, 0.29) is 31.1 Å². The molecular weight excluding hydrogens is 502 g/mol. The van der Waals surface area contributed by atoms with E-state index in [4.69, 9.17) is 0 Å². The van der Waals surface area contributed by atoms with Crippen molar-refractivity contribution < 1.29 is 31.1 Å². The van der Waals surface area contributed by atoms with Crippen molar-refractivity contribution in [1.29, 1.82) is 0 Å². The molecule has 0 saturated carbocycles. The fourth-order valence-corrected chi connectivity index (χ4v) is 1.83. The molecule has 0 aliphatic heterocycles. The second-order valence-corrected chi connectivity index (χ2v) is 4.71. The van der Waals surface area contributed by atoms with E-state index in [0.717, 1.165) is 11.1 Å². The SMILES string of the molecule is CC.Cc1cc[c-]c(-c2[c-]cccc2)c1.Cc1ccccc1.[U+2]. The van der Waals surface area contributed by atoms with Gasteiger partial charge < -0.3 is 0 Å². The van der Waals surface area contributed by atoms with Gasteiger partial charge in [-0.15, -0.1) is 17.7 Å². The summed E-state index contributed by atoms with van der Waals surface area (Å²) in [4.78, 5) is 0. The average molecular weight is 526 g/mol. The summed E-state index contributed by atoms with van der Waals surface area (Å²) in [5, 5.41) is 0. The molecule has 0 unspecified atom stereocenters. The van der Waals surface area contributed by atoms with Gasteiger partial charge in [-0.1, -0.05) is 56.7 Å². The van der Waals surface area contributed by atoms with Crippen molar-refractivity contribution in [1.82, 2.24) is 0 Å². The second-order valence-electron chi connectivity index (χ2n) is 4.71. The molecule has 0 nitrogen and oxygen atoms in total. The first-order valence-electron chi connectivity index (χ1n) is 7.73. The molecule has 0 radical (unpaired) electrons. The topological polar surface area (TPSA) is 0 Å². The van der Waals surface area contributed by atoms with Gasteiger partial charge in [0.25, 0.3) is 0 Å². The maximum Gasteiger partial charge on any atom is 2.00 e. The van der Waals surface area contributed by atoms with Gasteiger partial charge in [-0.05, 0) is 6.92 Å². The van der Waals surface area contributed by atoms with E-state index >= 15 is 0 Å². The molecule has 3 aromatic carbocycles. The number of hydrogen-bond donors (Lipinski definition) is 0. The zero-order valence-corrected chi connectivity index (χ0v) is 18.6. The summed E-state index contributed by atoms with van der Waals surface area (Å²) >= 11 is 0. The van der Waals surface area contributed by atoms with E-state index in [1.165, 1.54) is 11.1 Å². The third kappa shape index (κ3) is 8.80. The molecule has 0 aromatic heterocycles. The first-order chi connectivity index (χ1) is 10.8. The minimum atomic E-state index is 0. The molecule has 0 fully saturated rings. The van der Waals surface area contributed by atoms with Gasteiger partial charge >= 0.3 is 31.1 Å². The predicted octanol–water partition coefficient (Wildman–Crippen LogP) is 6.28. The number of rotatable bonds is 1. The van der Waals surface area contributed by atoms with Crippen molar-refractivity contribution in [2.24, 2.45) is 0 Å². The van der Waals surface area contributed by atoms with Crippen molar-refractivity contribution in [2.75, 3.05) is 0 Å². The third-order valence-electron chi connectivity index (χ3n) is 2.90. The molecule has 0 heterocycles. The molecule has 0 bridgehead atoms. The normalized spacial score (nSPS) is 8.52. The van der Waals surface area contributed by atoms with Crippen molar-refractivity contribution in [3.8, 4) is 11.1 Å². The number of benzene rings is 3. The second kappa shape index (κ2) is 13.2. The van der Waals surface area contributed by atoms with Gasteiger partial charge in [-0.3, -0.25) is 0 Å². The van der Waals surface area contributed by atoms with Gasteiger partial charge in [0.2, 0.25) is 0 Å². The zero-order chi connectivity index (χ0) is 16.2. The molecule has 0 N–H and O–H groups in total. The minimum Gasteiger partial charge on any atom is -0.226 e. The van der Waals surface area contributed by atoms with Crippen LogP contribution in [0, 0.1) is 57.1 Å². The van der Waals surface area contributed by atoms with Gasteiger partial charge in [-0.25, -0.2) is 11.1 Å². The average Bonchev–Trinajstić information content (AvgIpc) is 2.59. The summed E-state index contributed by atoms with van der Waals surface area (Å²) in [6.07, 6.45) is 0. The quantitative estimate of drug-likeness (QED) is 0.328. The van der Waals surface area contributed by atoms with Gasteiger partial charge in [0.15, 0.2) is 0 Å². The molecule has 0 aliphatic carbocycles. The van der Waals surface area contributed by atoms with E-state index in [1.54, 1.807) is 0 Å². The van der Waals surface area contributed by atoms with E-state index in [1.807, 2.05) is 68.4 Å². The van der Waals surface area contributed by atoms with Crippen LogP contribution in [0.1, 0.15) is 25.0 Å². The monoisotopic (exact) mass is 526 g/mol. The molecule has 0 spiro atoms. The Morgan fingerprint density at radius 1 is 0.609 bits per heavy atom. The Morgan fingerprint density at radius 3 is 1.70 bits per heavy atom. The van der Waals surface area contributed by atoms with E-state index in [2.05, 4.69) is 44.2 Å². The largest absolute Gasteiger partial charge is 2.00 e. The Hall–Kier alpha value is -1.29. The van der Waals surface area contributed by atoms with E-state index in [0.29, 0.717) is 0 Å². The third-order valence-corrected chi connectivity index (χ3v) is 2.90. The first-order valence-corrected chi connectivity index (χ1v) is 7.73. The minimum absolute atomic E-state index is 0. The smallest absolute Gasteiger partial charge is 0.226 e.